The number of carbonyl (C=O) groups excluding carboxylic acids is 2. The van der Waals surface area contributed by atoms with Crippen LogP contribution >= 0.6 is 27.5 Å². The van der Waals surface area contributed by atoms with E-state index < -0.39 is 5.97 Å². The van der Waals surface area contributed by atoms with Crippen molar-refractivity contribution in [1.29, 1.82) is 0 Å². The predicted octanol–water partition coefficient (Wildman–Crippen LogP) is 3.98. The zero-order valence-electron chi connectivity index (χ0n) is 12.7. The molecule has 4 nitrogen and oxygen atoms in total. The molecule has 0 radical (unpaired) electrons. The molecule has 2 aromatic rings. The molecule has 124 valence electrons. The Morgan fingerprint density at radius 2 is 1.75 bits per heavy atom. The summed E-state index contributed by atoms with van der Waals surface area (Å²) >= 11 is 9.12. The molecular formula is C18H15BrClNO3. The zero-order chi connectivity index (χ0) is 17.4. The van der Waals surface area contributed by atoms with Crippen LogP contribution in [0.1, 0.15) is 11.1 Å². The Morgan fingerprint density at radius 3 is 2.42 bits per heavy atom. The molecule has 24 heavy (non-hydrogen) atoms. The molecule has 0 saturated heterocycles. The van der Waals surface area contributed by atoms with Gasteiger partial charge in [-0.1, -0.05) is 51.8 Å². The fourth-order valence-corrected chi connectivity index (χ4v) is 2.17. The molecule has 0 aliphatic rings. The Bertz CT molecular complexity index is 727. The summed E-state index contributed by atoms with van der Waals surface area (Å²) in [7, 11) is 0. The fourth-order valence-electron chi connectivity index (χ4n) is 1.78. The van der Waals surface area contributed by atoms with Gasteiger partial charge in [-0.05, 0) is 41.5 Å². The molecule has 0 saturated carbocycles. The Morgan fingerprint density at radius 1 is 1.08 bits per heavy atom. The lowest BCUT2D eigenvalue weighted by atomic mass is 10.2. The minimum Gasteiger partial charge on any atom is -0.452 e. The molecule has 0 aliphatic heterocycles. The minimum atomic E-state index is -0.570. The van der Waals surface area contributed by atoms with Crippen LogP contribution in [-0.2, 0) is 20.9 Å². The number of carbonyl (C=O) groups is 2. The topological polar surface area (TPSA) is 55.4 Å². The maximum atomic E-state index is 11.7. The fraction of sp³-hybridized carbons (Fsp3) is 0.111. The summed E-state index contributed by atoms with van der Waals surface area (Å²) < 4.78 is 5.85. The zero-order valence-corrected chi connectivity index (χ0v) is 15.0. The minimum absolute atomic E-state index is 0.322. The van der Waals surface area contributed by atoms with E-state index in [0.717, 1.165) is 15.6 Å². The molecular weight excluding hydrogens is 394 g/mol. The summed E-state index contributed by atoms with van der Waals surface area (Å²) in [5.74, 6) is -0.935. The van der Waals surface area contributed by atoms with Gasteiger partial charge in [-0.15, -0.1) is 0 Å². The standard InChI is InChI=1S/C18H15BrClNO3/c19-15-6-1-13(2-7-15)5-10-18(23)24-12-17(22)21-11-14-3-8-16(20)9-4-14/h1-10H,11-12H2,(H,21,22)/b10-5+. The highest BCUT2D eigenvalue weighted by atomic mass is 79.9. The lowest BCUT2D eigenvalue weighted by Gasteiger charge is -2.05. The molecule has 2 rings (SSSR count). The molecule has 2 aromatic carbocycles. The van der Waals surface area contributed by atoms with Gasteiger partial charge in [-0.2, -0.15) is 0 Å². The van der Waals surface area contributed by atoms with Crippen molar-refractivity contribution in [3.8, 4) is 0 Å². The second-order valence-electron chi connectivity index (χ2n) is 4.90. The molecule has 0 atom stereocenters. The Hall–Kier alpha value is -2.11. The molecule has 0 heterocycles. The number of hydrogen-bond acceptors (Lipinski definition) is 3. The lowest BCUT2D eigenvalue weighted by Crippen LogP contribution is -2.28. The third kappa shape index (κ3) is 6.56. The summed E-state index contributed by atoms with van der Waals surface area (Å²) in [6, 6.07) is 14.6. The molecule has 0 aliphatic carbocycles. The van der Waals surface area contributed by atoms with Crippen molar-refractivity contribution in [1.82, 2.24) is 5.32 Å². The van der Waals surface area contributed by atoms with E-state index in [0.29, 0.717) is 11.6 Å². The average molecular weight is 409 g/mol. The molecule has 0 spiro atoms. The molecule has 0 aromatic heterocycles. The Kier molecular flexibility index (Phi) is 7.03. The van der Waals surface area contributed by atoms with Crippen LogP contribution in [0.5, 0.6) is 0 Å². The molecule has 0 bridgehead atoms. The summed E-state index contributed by atoms with van der Waals surface area (Å²) in [5.41, 5.74) is 1.77. The summed E-state index contributed by atoms with van der Waals surface area (Å²) in [6.07, 6.45) is 2.91. The van der Waals surface area contributed by atoms with Crippen molar-refractivity contribution in [2.24, 2.45) is 0 Å². The van der Waals surface area contributed by atoms with Crippen LogP contribution in [0.3, 0.4) is 0 Å². The molecule has 0 fully saturated rings. The molecule has 0 unspecified atom stereocenters. The van der Waals surface area contributed by atoms with Crippen LogP contribution in [0.2, 0.25) is 5.02 Å². The third-order valence-corrected chi connectivity index (χ3v) is 3.81. The van der Waals surface area contributed by atoms with E-state index in [1.54, 1.807) is 18.2 Å². The first-order valence-corrected chi connectivity index (χ1v) is 8.31. The number of halogens is 2. The van der Waals surface area contributed by atoms with Gasteiger partial charge >= 0.3 is 5.97 Å². The van der Waals surface area contributed by atoms with Crippen LogP contribution in [0.4, 0.5) is 0 Å². The van der Waals surface area contributed by atoms with Crippen molar-refractivity contribution in [2.75, 3.05) is 6.61 Å². The summed E-state index contributed by atoms with van der Waals surface area (Å²) in [6.45, 7) is 0.0272. The lowest BCUT2D eigenvalue weighted by molar-refractivity contribution is -0.143. The first-order chi connectivity index (χ1) is 11.5. The van der Waals surface area contributed by atoms with Crippen molar-refractivity contribution in [2.45, 2.75) is 6.54 Å². The number of nitrogens with one attached hydrogen (secondary N) is 1. The van der Waals surface area contributed by atoms with Gasteiger partial charge < -0.3 is 10.1 Å². The highest BCUT2D eigenvalue weighted by Crippen LogP contribution is 2.11. The smallest absolute Gasteiger partial charge is 0.331 e. The van der Waals surface area contributed by atoms with Crippen LogP contribution < -0.4 is 5.32 Å². The Balaban J connectivity index is 1.71. The van der Waals surface area contributed by atoms with E-state index >= 15 is 0 Å². The first kappa shape index (κ1) is 18.2. The van der Waals surface area contributed by atoms with Crippen LogP contribution in [0, 0.1) is 0 Å². The van der Waals surface area contributed by atoms with Gasteiger partial charge in [0.2, 0.25) is 0 Å². The maximum absolute atomic E-state index is 11.7. The number of amides is 1. The summed E-state index contributed by atoms with van der Waals surface area (Å²) in [5, 5.41) is 3.30. The number of ether oxygens (including phenoxy) is 1. The molecule has 1 amide bonds. The van der Waals surface area contributed by atoms with Gasteiger partial charge in [0.15, 0.2) is 6.61 Å². The van der Waals surface area contributed by atoms with Gasteiger partial charge in [-0.3, -0.25) is 4.79 Å². The SMILES string of the molecule is O=C(COC(=O)/C=C/c1ccc(Br)cc1)NCc1ccc(Cl)cc1. The van der Waals surface area contributed by atoms with Crippen LogP contribution in [-0.4, -0.2) is 18.5 Å². The second-order valence-corrected chi connectivity index (χ2v) is 6.25. The van der Waals surface area contributed by atoms with Gasteiger partial charge in [0.05, 0.1) is 0 Å². The normalized spacial score (nSPS) is 10.6. The second kappa shape index (κ2) is 9.25. The van der Waals surface area contributed by atoms with Gasteiger partial charge in [0.1, 0.15) is 0 Å². The number of esters is 1. The summed E-state index contributed by atoms with van der Waals surface area (Å²) in [4.78, 5) is 23.2. The monoisotopic (exact) mass is 407 g/mol. The van der Waals surface area contributed by atoms with Crippen molar-refractivity contribution in [3.05, 3.63) is 75.2 Å². The highest BCUT2D eigenvalue weighted by Gasteiger charge is 2.05. The van der Waals surface area contributed by atoms with Gasteiger partial charge in [-0.25, -0.2) is 4.79 Å². The van der Waals surface area contributed by atoms with E-state index in [9.17, 15) is 9.59 Å². The predicted molar refractivity (Wildman–Crippen MR) is 97.4 cm³/mol. The first-order valence-electron chi connectivity index (χ1n) is 7.14. The largest absolute Gasteiger partial charge is 0.452 e. The van der Waals surface area contributed by atoms with Crippen molar-refractivity contribution < 1.29 is 14.3 Å². The quantitative estimate of drug-likeness (QED) is 0.581. The van der Waals surface area contributed by atoms with Crippen molar-refractivity contribution >= 4 is 45.5 Å². The van der Waals surface area contributed by atoms with Crippen LogP contribution in [0.25, 0.3) is 6.08 Å². The van der Waals surface area contributed by atoms with Crippen LogP contribution in [0.15, 0.2) is 59.1 Å². The Labute approximate surface area is 153 Å². The van der Waals surface area contributed by atoms with Gasteiger partial charge in [0, 0.05) is 22.1 Å². The van der Waals surface area contributed by atoms with E-state index in [4.69, 9.17) is 16.3 Å². The highest BCUT2D eigenvalue weighted by molar-refractivity contribution is 9.10. The maximum Gasteiger partial charge on any atom is 0.331 e. The number of hydrogen-bond donors (Lipinski definition) is 1. The van der Waals surface area contributed by atoms with E-state index in [-0.39, 0.29) is 12.5 Å². The van der Waals surface area contributed by atoms with Gasteiger partial charge in [0.25, 0.3) is 5.91 Å². The van der Waals surface area contributed by atoms with E-state index in [2.05, 4.69) is 21.2 Å². The van der Waals surface area contributed by atoms with Crippen molar-refractivity contribution in [3.63, 3.8) is 0 Å². The van der Waals surface area contributed by atoms with E-state index in [1.165, 1.54) is 6.08 Å². The van der Waals surface area contributed by atoms with E-state index in [1.807, 2.05) is 36.4 Å². The molecule has 1 N–H and O–H groups in total. The molecule has 6 heteroatoms. The third-order valence-electron chi connectivity index (χ3n) is 3.03. The average Bonchev–Trinajstić information content (AvgIpc) is 2.59. The number of rotatable bonds is 6. The number of benzene rings is 2.